The molecule has 0 aromatic heterocycles. The topological polar surface area (TPSA) is 79.2 Å². The fraction of sp³-hybridized carbons (Fsp3) is 1.00. The molecular weight excluding hydrogens is 404 g/mol. The van der Waals surface area contributed by atoms with Gasteiger partial charge < -0.3 is 24.8 Å². The highest BCUT2D eigenvalue weighted by atomic mass is 16.7. The maximum atomic E-state index is 9.87. The lowest BCUT2D eigenvalue weighted by molar-refractivity contribution is -0.270. The Labute approximate surface area is 198 Å². The van der Waals surface area contributed by atoms with Crippen molar-refractivity contribution < 1.29 is 24.8 Å². The van der Waals surface area contributed by atoms with Crippen LogP contribution < -0.4 is 0 Å². The molecule has 32 heavy (non-hydrogen) atoms. The fourth-order valence-corrected chi connectivity index (χ4v) is 4.66. The van der Waals surface area contributed by atoms with Crippen molar-refractivity contribution in [3.8, 4) is 0 Å². The molecule has 5 unspecified atom stereocenters. The van der Waals surface area contributed by atoms with Gasteiger partial charge in [0.1, 0.15) is 18.3 Å². The summed E-state index contributed by atoms with van der Waals surface area (Å²) >= 11 is 0. The normalized spacial score (nSPS) is 26.9. The lowest BCUT2D eigenvalue weighted by Crippen LogP contribution is -2.53. The van der Waals surface area contributed by atoms with Crippen molar-refractivity contribution in [2.75, 3.05) is 13.2 Å². The third-order valence-electron chi connectivity index (χ3n) is 7.09. The molecule has 3 N–H and O–H groups in total. The zero-order valence-electron chi connectivity index (χ0n) is 21.7. The molecule has 5 nitrogen and oxygen atoms in total. The van der Waals surface area contributed by atoms with E-state index in [1.54, 1.807) is 0 Å². The van der Waals surface area contributed by atoms with Crippen LogP contribution in [0, 0.1) is 23.7 Å². The minimum absolute atomic E-state index is 0.00429. The van der Waals surface area contributed by atoms with Crippen molar-refractivity contribution >= 4 is 0 Å². The molecule has 1 rings (SSSR count). The van der Waals surface area contributed by atoms with Gasteiger partial charge in [-0.1, -0.05) is 105 Å². The number of rotatable bonds is 18. The van der Waals surface area contributed by atoms with Crippen LogP contribution in [0.25, 0.3) is 0 Å². The number of unbranched alkanes of at least 4 members (excludes halogenated alkanes) is 1. The SMILES string of the molecule is CC(C)CCCC(C)CCCC(C)CCCC(C)CCCCOC1OCC(O)[C@H](O)[C@@H]1O. The summed E-state index contributed by atoms with van der Waals surface area (Å²) < 4.78 is 10.8. The molecule has 1 saturated heterocycles. The van der Waals surface area contributed by atoms with Crippen molar-refractivity contribution in [3.05, 3.63) is 0 Å². The molecular formula is C27H54O5. The van der Waals surface area contributed by atoms with Crippen molar-refractivity contribution in [2.45, 2.75) is 136 Å². The molecule has 0 aromatic carbocycles. The van der Waals surface area contributed by atoms with Crippen molar-refractivity contribution in [1.82, 2.24) is 0 Å². The zero-order valence-corrected chi connectivity index (χ0v) is 21.7. The van der Waals surface area contributed by atoms with Gasteiger partial charge in [-0.25, -0.2) is 0 Å². The molecule has 0 bridgehead atoms. The Kier molecular flexibility index (Phi) is 16.1. The summed E-state index contributed by atoms with van der Waals surface area (Å²) in [6, 6.07) is 0. The fourth-order valence-electron chi connectivity index (χ4n) is 4.66. The number of aliphatic hydroxyl groups is 3. The quantitative estimate of drug-likeness (QED) is 0.230. The first-order valence-corrected chi connectivity index (χ1v) is 13.5. The summed E-state index contributed by atoms with van der Waals surface area (Å²) in [6.45, 7) is 12.3. The van der Waals surface area contributed by atoms with Crippen LogP contribution in [0.2, 0.25) is 0 Å². The first-order valence-electron chi connectivity index (χ1n) is 13.5. The third kappa shape index (κ3) is 13.5. The van der Waals surface area contributed by atoms with Gasteiger partial charge in [0, 0.05) is 6.61 Å². The number of hydrogen-bond donors (Lipinski definition) is 3. The number of ether oxygens (including phenoxy) is 2. The summed E-state index contributed by atoms with van der Waals surface area (Å²) in [5.41, 5.74) is 0. The molecule has 1 heterocycles. The van der Waals surface area contributed by atoms with Gasteiger partial charge in [0.15, 0.2) is 6.29 Å². The van der Waals surface area contributed by atoms with Crippen LogP contribution in [-0.4, -0.2) is 53.1 Å². The summed E-state index contributed by atoms with van der Waals surface area (Å²) in [7, 11) is 0. The summed E-state index contributed by atoms with van der Waals surface area (Å²) in [4.78, 5) is 0. The average Bonchev–Trinajstić information content (AvgIpc) is 2.73. The molecule has 5 heteroatoms. The molecule has 0 radical (unpaired) electrons. The van der Waals surface area contributed by atoms with Crippen LogP contribution in [0.3, 0.4) is 0 Å². The lowest BCUT2D eigenvalue weighted by Gasteiger charge is -2.34. The maximum absolute atomic E-state index is 9.87. The van der Waals surface area contributed by atoms with Crippen LogP contribution in [0.15, 0.2) is 0 Å². The predicted molar refractivity (Wildman–Crippen MR) is 131 cm³/mol. The minimum atomic E-state index is -1.20. The molecule has 0 spiro atoms. The van der Waals surface area contributed by atoms with Crippen molar-refractivity contribution in [2.24, 2.45) is 23.7 Å². The van der Waals surface area contributed by atoms with Crippen LogP contribution in [-0.2, 0) is 9.47 Å². The highest BCUT2D eigenvalue weighted by Gasteiger charge is 2.37. The van der Waals surface area contributed by atoms with Gasteiger partial charge in [-0.3, -0.25) is 0 Å². The number of aliphatic hydroxyl groups excluding tert-OH is 3. The Balaban J connectivity index is 1.97. The van der Waals surface area contributed by atoms with E-state index in [1.165, 1.54) is 64.2 Å². The van der Waals surface area contributed by atoms with Gasteiger partial charge >= 0.3 is 0 Å². The van der Waals surface area contributed by atoms with Gasteiger partial charge in [0.25, 0.3) is 0 Å². The van der Waals surface area contributed by atoms with Gasteiger partial charge in [-0.15, -0.1) is 0 Å². The van der Waals surface area contributed by atoms with Gasteiger partial charge in [-0.05, 0) is 30.1 Å². The summed E-state index contributed by atoms with van der Waals surface area (Å²) in [5, 5.41) is 29.0. The Morgan fingerprint density at radius 2 is 1.12 bits per heavy atom. The van der Waals surface area contributed by atoms with E-state index < -0.39 is 24.6 Å². The zero-order chi connectivity index (χ0) is 23.9. The van der Waals surface area contributed by atoms with Crippen molar-refractivity contribution in [3.63, 3.8) is 0 Å². The Bertz CT molecular complexity index is 444. The van der Waals surface area contributed by atoms with Gasteiger partial charge in [-0.2, -0.15) is 0 Å². The van der Waals surface area contributed by atoms with E-state index in [1.807, 2.05) is 0 Å². The largest absolute Gasteiger partial charge is 0.388 e. The molecule has 0 aliphatic carbocycles. The van der Waals surface area contributed by atoms with E-state index in [0.717, 1.165) is 36.5 Å². The maximum Gasteiger partial charge on any atom is 0.186 e. The van der Waals surface area contributed by atoms with E-state index in [2.05, 4.69) is 34.6 Å². The first kappa shape index (κ1) is 29.8. The lowest BCUT2D eigenvalue weighted by atomic mass is 9.90. The standard InChI is InChI=1S/C27H54O5/c1-20(2)11-8-13-22(4)15-10-17-23(5)16-9-14-21(3)12-6-7-18-31-27-26(30)25(29)24(28)19-32-27/h20-30H,6-19H2,1-5H3/t21?,22?,23?,24?,25-,26-,27?/m0/s1. The van der Waals surface area contributed by atoms with E-state index in [0.29, 0.717) is 6.61 Å². The van der Waals surface area contributed by atoms with Crippen LogP contribution in [0.4, 0.5) is 0 Å². The highest BCUT2D eigenvalue weighted by Crippen LogP contribution is 2.23. The second-order valence-electron chi connectivity index (χ2n) is 11.1. The minimum Gasteiger partial charge on any atom is -0.388 e. The Hall–Kier alpha value is -0.200. The molecule has 0 saturated carbocycles. The van der Waals surface area contributed by atoms with Crippen LogP contribution in [0.5, 0.6) is 0 Å². The molecule has 0 aromatic rings. The second kappa shape index (κ2) is 17.3. The third-order valence-corrected chi connectivity index (χ3v) is 7.09. The second-order valence-corrected chi connectivity index (χ2v) is 11.1. The highest BCUT2D eigenvalue weighted by molar-refractivity contribution is 4.82. The van der Waals surface area contributed by atoms with Gasteiger partial charge in [0.05, 0.1) is 6.61 Å². The first-order chi connectivity index (χ1) is 15.2. The summed E-state index contributed by atoms with van der Waals surface area (Å²) in [5.74, 6) is 3.30. The molecule has 1 aliphatic heterocycles. The van der Waals surface area contributed by atoms with Crippen molar-refractivity contribution in [1.29, 1.82) is 0 Å². The molecule has 0 amide bonds. The monoisotopic (exact) mass is 458 g/mol. The van der Waals surface area contributed by atoms with Gasteiger partial charge in [0.2, 0.25) is 0 Å². The molecule has 192 valence electrons. The Morgan fingerprint density at radius 3 is 1.62 bits per heavy atom. The van der Waals surface area contributed by atoms with E-state index in [4.69, 9.17) is 9.47 Å². The van der Waals surface area contributed by atoms with E-state index in [-0.39, 0.29) is 6.61 Å². The Morgan fingerprint density at radius 1 is 0.656 bits per heavy atom. The molecule has 1 aliphatic rings. The average molecular weight is 459 g/mol. The smallest absolute Gasteiger partial charge is 0.186 e. The van der Waals surface area contributed by atoms with E-state index >= 15 is 0 Å². The van der Waals surface area contributed by atoms with Crippen LogP contribution >= 0.6 is 0 Å². The molecule has 1 fully saturated rings. The predicted octanol–water partition coefficient (Wildman–Crippen LogP) is 5.69. The van der Waals surface area contributed by atoms with E-state index in [9.17, 15) is 15.3 Å². The number of hydrogen-bond acceptors (Lipinski definition) is 5. The summed E-state index contributed by atoms with van der Waals surface area (Å²) in [6.07, 6.45) is 11.2. The molecule has 7 atom stereocenters. The van der Waals surface area contributed by atoms with Crippen LogP contribution in [0.1, 0.15) is 112 Å².